The first-order chi connectivity index (χ1) is 19.1. The summed E-state index contributed by atoms with van der Waals surface area (Å²) in [4.78, 5) is 48.4. The molecular weight excluding hydrogens is 518 g/mol. The van der Waals surface area contributed by atoms with E-state index in [-0.39, 0.29) is 55.9 Å². The Morgan fingerprint density at radius 3 is 2.35 bits per heavy atom. The number of ether oxygens (including phenoxy) is 3. The zero-order valence-corrected chi connectivity index (χ0v) is 24.4. The number of esters is 2. The first-order valence-corrected chi connectivity index (χ1v) is 14.7. The number of carbonyl (C=O) groups is 4. The number of hydrogen-bond donors (Lipinski definition) is 3. The number of Topliss-reactive ketones (excluding diaryl/α,β-unsaturated/α-hetero) is 1. The van der Waals surface area contributed by atoms with Crippen LogP contribution >= 0.6 is 0 Å². The maximum absolute atomic E-state index is 12.9. The quantitative estimate of drug-likeness (QED) is 0.104. The minimum absolute atomic E-state index is 0.00174. The molecule has 1 heterocycles. The van der Waals surface area contributed by atoms with Gasteiger partial charge in [-0.25, -0.2) is 0 Å². The molecule has 40 heavy (non-hydrogen) atoms. The van der Waals surface area contributed by atoms with Gasteiger partial charge in [-0.3, -0.25) is 19.2 Å². The number of carbonyl (C=O) groups excluding carboxylic acids is 4. The van der Waals surface area contributed by atoms with E-state index in [0.29, 0.717) is 11.5 Å². The minimum Gasteiger partial charge on any atom is -0.463 e. The van der Waals surface area contributed by atoms with Gasteiger partial charge in [0.15, 0.2) is 0 Å². The fourth-order valence-corrected chi connectivity index (χ4v) is 5.19. The molecule has 0 aromatic heterocycles. The van der Waals surface area contributed by atoms with Crippen LogP contribution in [0.25, 0.3) is 0 Å². The van der Waals surface area contributed by atoms with E-state index in [1.165, 1.54) is 6.92 Å². The summed E-state index contributed by atoms with van der Waals surface area (Å²) < 4.78 is 17.0. The summed E-state index contributed by atoms with van der Waals surface area (Å²) in [6.07, 6.45) is 9.35. The molecule has 0 bridgehead atoms. The second-order valence-electron chi connectivity index (χ2n) is 11.7. The van der Waals surface area contributed by atoms with E-state index in [9.17, 15) is 29.4 Å². The van der Waals surface area contributed by atoms with Crippen LogP contribution in [0.1, 0.15) is 85.0 Å². The number of nitrogens with one attached hydrogen (secondary N) is 1. The summed E-state index contributed by atoms with van der Waals surface area (Å²) in [5, 5.41) is 21.8. The lowest BCUT2D eigenvalue weighted by Crippen LogP contribution is -2.44. The summed E-state index contributed by atoms with van der Waals surface area (Å²) in [5.41, 5.74) is -0.809. The summed E-state index contributed by atoms with van der Waals surface area (Å²) in [6, 6.07) is -0.330. The lowest BCUT2D eigenvalue weighted by molar-refractivity contribution is -0.162. The number of aliphatic hydroxyl groups excluding tert-OH is 2. The topological polar surface area (TPSA) is 148 Å². The summed E-state index contributed by atoms with van der Waals surface area (Å²) in [6.45, 7) is 5.25. The Morgan fingerprint density at radius 1 is 1.05 bits per heavy atom. The Labute approximate surface area is 238 Å². The molecule has 1 saturated carbocycles. The zero-order chi connectivity index (χ0) is 29.5. The molecule has 10 nitrogen and oxygen atoms in total. The van der Waals surface area contributed by atoms with Crippen molar-refractivity contribution in [1.82, 2.24) is 5.32 Å². The van der Waals surface area contributed by atoms with Gasteiger partial charge in [-0.15, -0.1) is 0 Å². The second-order valence-corrected chi connectivity index (χ2v) is 11.7. The number of piperidine rings is 1. The molecule has 3 N–H and O–H groups in total. The average molecular weight is 568 g/mol. The highest BCUT2D eigenvalue weighted by atomic mass is 16.6. The highest BCUT2D eigenvalue weighted by molar-refractivity contribution is 5.83. The molecule has 0 radical (unpaired) electrons. The molecule has 0 spiro atoms. The van der Waals surface area contributed by atoms with Crippen molar-refractivity contribution in [2.75, 3.05) is 33.0 Å². The Kier molecular flexibility index (Phi) is 15.0. The third kappa shape index (κ3) is 11.4. The van der Waals surface area contributed by atoms with Crippen molar-refractivity contribution in [2.45, 2.75) is 103 Å². The van der Waals surface area contributed by atoms with E-state index in [2.05, 4.69) is 5.32 Å². The molecule has 3 atom stereocenters. The van der Waals surface area contributed by atoms with Crippen molar-refractivity contribution in [3.63, 3.8) is 0 Å². The van der Waals surface area contributed by atoms with Crippen LogP contribution in [-0.2, 0) is 33.4 Å². The molecule has 2 aliphatic rings. The molecule has 228 valence electrons. The van der Waals surface area contributed by atoms with Crippen molar-refractivity contribution in [3.05, 3.63) is 11.6 Å². The van der Waals surface area contributed by atoms with Gasteiger partial charge in [-0.2, -0.15) is 0 Å². The monoisotopic (exact) mass is 567 g/mol. The lowest BCUT2D eigenvalue weighted by Gasteiger charge is -2.33. The highest BCUT2D eigenvalue weighted by Gasteiger charge is 2.34. The Morgan fingerprint density at radius 2 is 1.75 bits per heavy atom. The van der Waals surface area contributed by atoms with Gasteiger partial charge in [0, 0.05) is 12.8 Å². The maximum atomic E-state index is 12.9. The smallest absolute Gasteiger partial charge is 0.323 e. The van der Waals surface area contributed by atoms with Gasteiger partial charge in [0.2, 0.25) is 0 Å². The van der Waals surface area contributed by atoms with E-state index in [4.69, 9.17) is 14.2 Å². The lowest BCUT2D eigenvalue weighted by atomic mass is 9.80. The Balaban J connectivity index is 1.83. The fraction of sp³-hybridized carbons (Fsp3) is 0.800. The minimum atomic E-state index is -1.32. The standard InChI is InChI=1S/C30H49NO9/c1-21(18-32)7-10-24(35)17-27(40-28(36)26-6-4-5-13-31-26)22(2)16-23-8-11-25(12-9-23)38-14-15-39-29(37)30(3,19-33)20-34/h7,18,22-23,25-27,31,33-34H,4-6,8-17,19-20H2,1-3H3/b21-7+/t22-,23?,25?,26+,27+/m1/s1. The van der Waals surface area contributed by atoms with Gasteiger partial charge in [0.05, 0.1) is 25.9 Å². The SMILES string of the molecule is C/C(C=O)=C\CC(=O)C[C@H](OC(=O)[C@@H]1CCCCN1)[C@H](C)CC1CCC(OCCOC(=O)C(C)(CO)CO)CC1. The fourth-order valence-electron chi connectivity index (χ4n) is 5.19. The summed E-state index contributed by atoms with van der Waals surface area (Å²) >= 11 is 0. The van der Waals surface area contributed by atoms with E-state index in [1.807, 2.05) is 6.92 Å². The highest BCUT2D eigenvalue weighted by Crippen LogP contribution is 2.33. The maximum Gasteiger partial charge on any atom is 0.323 e. The Hall–Kier alpha value is -2.14. The summed E-state index contributed by atoms with van der Waals surface area (Å²) in [5.74, 6) is -0.578. The first kappa shape index (κ1) is 34.1. The normalized spacial score (nSPS) is 23.6. The largest absolute Gasteiger partial charge is 0.463 e. The molecular formula is C30H49NO9. The third-order valence-corrected chi connectivity index (χ3v) is 8.12. The van der Waals surface area contributed by atoms with Gasteiger partial charge in [0.25, 0.3) is 0 Å². The van der Waals surface area contributed by atoms with Crippen LogP contribution in [0.2, 0.25) is 0 Å². The number of hydrogen-bond acceptors (Lipinski definition) is 10. The van der Waals surface area contributed by atoms with Gasteiger partial charge in [-0.1, -0.05) is 19.4 Å². The van der Waals surface area contributed by atoms with Crippen molar-refractivity contribution in [2.24, 2.45) is 17.3 Å². The number of aliphatic hydroxyl groups is 2. The first-order valence-electron chi connectivity index (χ1n) is 14.7. The van der Waals surface area contributed by atoms with Crippen LogP contribution in [-0.4, -0.2) is 85.4 Å². The van der Waals surface area contributed by atoms with Crippen LogP contribution in [0.4, 0.5) is 0 Å². The van der Waals surface area contributed by atoms with Crippen molar-refractivity contribution < 1.29 is 43.6 Å². The predicted octanol–water partition coefficient (Wildman–Crippen LogP) is 2.67. The molecule has 0 aromatic carbocycles. The molecule has 1 saturated heterocycles. The molecule has 2 rings (SSSR count). The molecule has 0 unspecified atom stereocenters. The average Bonchev–Trinajstić information content (AvgIpc) is 2.98. The Bertz CT molecular complexity index is 840. The van der Waals surface area contributed by atoms with Gasteiger partial charge >= 0.3 is 11.9 Å². The third-order valence-electron chi connectivity index (χ3n) is 8.12. The molecule has 2 fully saturated rings. The number of allylic oxidation sites excluding steroid dienone is 2. The molecule has 0 amide bonds. The number of rotatable bonds is 17. The predicted molar refractivity (Wildman–Crippen MR) is 148 cm³/mol. The van der Waals surface area contributed by atoms with Crippen molar-refractivity contribution in [3.8, 4) is 0 Å². The van der Waals surface area contributed by atoms with Crippen LogP contribution in [0.5, 0.6) is 0 Å². The molecule has 1 aliphatic carbocycles. The van der Waals surface area contributed by atoms with Gasteiger partial charge in [0.1, 0.15) is 36.2 Å². The number of ketones is 1. The molecule has 0 aromatic rings. The van der Waals surface area contributed by atoms with E-state index >= 15 is 0 Å². The van der Waals surface area contributed by atoms with Crippen LogP contribution in [0.3, 0.4) is 0 Å². The molecule has 1 aliphatic heterocycles. The van der Waals surface area contributed by atoms with E-state index in [1.54, 1.807) is 13.0 Å². The van der Waals surface area contributed by atoms with Crippen molar-refractivity contribution in [1.29, 1.82) is 0 Å². The van der Waals surface area contributed by atoms with Crippen LogP contribution in [0.15, 0.2) is 11.6 Å². The summed E-state index contributed by atoms with van der Waals surface area (Å²) in [7, 11) is 0. The van der Waals surface area contributed by atoms with E-state index < -0.39 is 30.7 Å². The van der Waals surface area contributed by atoms with Gasteiger partial charge < -0.3 is 29.7 Å². The second kappa shape index (κ2) is 17.6. The van der Waals surface area contributed by atoms with E-state index in [0.717, 1.165) is 64.2 Å². The van der Waals surface area contributed by atoms with Gasteiger partial charge in [-0.05, 0) is 82.7 Å². The molecule has 10 heteroatoms. The zero-order valence-electron chi connectivity index (χ0n) is 24.4. The number of aldehydes is 1. The van der Waals surface area contributed by atoms with Crippen LogP contribution < -0.4 is 5.32 Å². The van der Waals surface area contributed by atoms with Crippen LogP contribution in [0, 0.1) is 17.3 Å². The van der Waals surface area contributed by atoms with Crippen molar-refractivity contribution >= 4 is 24.0 Å².